The summed E-state index contributed by atoms with van der Waals surface area (Å²) in [6.45, 7) is 2.49. The number of nitrogens with one attached hydrogen (secondary N) is 2. The van der Waals surface area contributed by atoms with Gasteiger partial charge < -0.3 is 15.4 Å². The summed E-state index contributed by atoms with van der Waals surface area (Å²) in [5.41, 5.74) is 0.648. The van der Waals surface area contributed by atoms with E-state index in [9.17, 15) is 4.79 Å². The average Bonchev–Trinajstić information content (AvgIpc) is 2.49. The lowest BCUT2D eigenvalue weighted by atomic mass is 10.1. The van der Waals surface area contributed by atoms with E-state index >= 15 is 0 Å². The van der Waals surface area contributed by atoms with E-state index in [2.05, 4.69) is 31.5 Å². The van der Waals surface area contributed by atoms with Crippen molar-refractivity contribution in [2.24, 2.45) is 5.92 Å². The third-order valence-corrected chi connectivity index (χ3v) is 3.47. The van der Waals surface area contributed by atoms with E-state index in [1.807, 2.05) is 38.2 Å². The Kier molecular flexibility index (Phi) is 5.91. The van der Waals surface area contributed by atoms with Crippen molar-refractivity contribution in [3.8, 4) is 11.6 Å². The number of hydrogen-bond donors (Lipinski definition) is 2. The molecule has 0 spiro atoms. The fraction of sp³-hybridized carbons (Fsp3) is 0.250. The molecule has 0 aliphatic rings. The molecule has 6 heteroatoms. The first-order chi connectivity index (χ1) is 10.6. The van der Waals surface area contributed by atoms with Crippen LogP contribution < -0.4 is 15.4 Å². The molecule has 0 fully saturated rings. The van der Waals surface area contributed by atoms with E-state index in [0.29, 0.717) is 23.9 Å². The first-order valence-corrected chi connectivity index (χ1v) is 7.72. The first-order valence-electron chi connectivity index (χ1n) is 6.93. The Morgan fingerprint density at radius 2 is 2.18 bits per heavy atom. The van der Waals surface area contributed by atoms with Crippen molar-refractivity contribution in [2.45, 2.75) is 6.92 Å². The van der Waals surface area contributed by atoms with Crippen molar-refractivity contribution in [3.05, 3.63) is 47.1 Å². The highest BCUT2D eigenvalue weighted by atomic mass is 79.9. The van der Waals surface area contributed by atoms with Gasteiger partial charge in [0.25, 0.3) is 0 Å². The average molecular weight is 364 g/mol. The largest absolute Gasteiger partial charge is 0.439 e. The molecule has 1 aromatic heterocycles. The molecule has 1 amide bonds. The summed E-state index contributed by atoms with van der Waals surface area (Å²) in [5, 5.41) is 5.80. The molecule has 1 heterocycles. The van der Waals surface area contributed by atoms with Crippen LogP contribution in [0, 0.1) is 5.92 Å². The van der Waals surface area contributed by atoms with Crippen LogP contribution in [0.1, 0.15) is 6.92 Å². The monoisotopic (exact) mass is 363 g/mol. The molecular weight excluding hydrogens is 346 g/mol. The Morgan fingerprint density at radius 3 is 2.82 bits per heavy atom. The molecule has 1 aromatic carbocycles. The molecule has 2 rings (SSSR count). The highest BCUT2D eigenvalue weighted by molar-refractivity contribution is 9.10. The van der Waals surface area contributed by atoms with Crippen LogP contribution in [0.15, 0.2) is 47.1 Å². The number of rotatable bonds is 6. The summed E-state index contributed by atoms with van der Waals surface area (Å²) in [7, 11) is 1.82. The molecule has 0 bridgehead atoms. The molecule has 0 aliphatic heterocycles. The lowest BCUT2D eigenvalue weighted by Crippen LogP contribution is -2.28. The van der Waals surface area contributed by atoms with Crippen LogP contribution in [0.2, 0.25) is 0 Å². The summed E-state index contributed by atoms with van der Waals surface area (Å²) >= 11 is 3.39. The fourth-order valence-corrected chi connectivity index (χ4v) is 2.21. The third kappa shape index (κ3) is 4.82. The van der Waals surface area contributed by atoms with Gasteiger partial charge >= 0.3 is 0 Å². The minimum atomic E-state index is -0.109. The number of aromatic nitrogens is 1. The van der Waals surface area contributed by atoms with Crippen LogP contribution >= 0.6 is 15.9 Å². The lowest BCUT2D eigenvalue weighted by molar-refractivity contribution is -0.119. The van der Waals surface area contributed by atoms with Crippen LogP contribution in [0.5, 0.6) is 11.6 Å². The van der Waals surface area contributed by atoms with E-state index in [1.54, 1.807) is 18.3 Å². The molecule has 5 nitrogen and oxygen atoms in total. The first kappa shape index (κ1) is 16.5. The molecule has 22 heavy (non-hydrogen) atoms. The Labute approximate surface area is 138 Å². The zero-order valence-electron chi connectivity index (χ0n) is 12.5. The highest BCUT2D eigenvalue weighted by Crippen LogP contribution is 2.23. The van der Waals surface area contributed by atoms with Gasteiger partial charge in [0.1, 0.15) is 5.75 Å². The zero-order chi connectivity index (χ0) is 15.9. The zero-order valence-corrected chi connectivity index (χ0v) is 14.1. The van der Waals surface area contributed by atoms with Gasteiger partial charge in [0, 0.05) is 23.0 Å². The van der Waals surface area contributed by atoms with E-state index in [0.717, 1.165) is 4.47 Å². The number of carbonyl (C=O) groups is 1. The maximum Gasteiger partial charge on any atom is 0.228 e. The fourth-order valence-electron chi connectivity index (χ4n) is 1.83. The van der Waals surface area contributed by atoms with Crippen LogP contribution in [0.25, 0.3) is 0 Å². The van der Waals surface area contributed by atoms with Crippen molar-refractivity contribution < 1.29 is 9.53 Å². The van der Waals surface area contributed by atoms with Crippen molar-refractivity contribution in [1.82, 2.24) is 10.3 Å². The van der Waals surface area contributed by atoms with Gasteiger partial charge in [-0.15, -0.1) is 0 Å². The smallest absolute Gasteiger partial charge is 0.228 e. The van der Waals surface area contributed by atoms with Gasteiger partial charge in [-0.1, -0.05) is 28.9 Å². The number of carbonyl (C=O) groups excluding carboxylic acids is 1. The third-order valence-electron chi connectivity index (χ3n) is 2.98. The Morgan fingerprint density at radius 1 is 1.36 bits per heavy atom. The molecular formula is C16H18BrN3O2. The van der Waals surface area contributed by atoms with Crippen LogP contribution in [-0.2, 0) is 4.79 Å². The normalized spacial score (nSPS) is 11.8. The van der Waals surface area contributed by atoms with Gasteiger partial charge in [-0.2, -0.15) is 0 Å². The van der Waals surface area contributed by atoms with E-state index < -0.39 is 0 Å². The van der Waals surface area contributed by atoms with Gasteiger partial charge in [-0.05, 0) is 31.3 Å². The number of halogens is 1. The molecule has 2 aromatic rings. The quantitative estimate of drug-likeness (QED) is 0.825. The number of hydrogen-bond acceptors (Lipinski definition) is 4. The Balaban J connectivity index is 1.97. The molecule has 116 valence electrons. The van der Waals surface area contributed by atoms with Crippen molar-refractivity contribution in [3.63, 3.8) is 0 Å². The van der Waals surface area contributed by atoms with Gasteiger partial charge in [-0.3, -0.25) is 4.79 Å². The minimum Gasteiger partial charge on any atom is -0.439 e. The van der Waals surface area contributed by atoms with Gasteiger partial charge in [0.2, 0.25) is 11.8 Å². The molecule has 1 unspecified atom stereocenters. The SMILES string of the molecule is CNCC(C)C(=O)Nc1ccc(Oc2cccc(Br)c2)nc1. The minimum absolute atomic E-state index is 0.0446. The topological polar surface area (TPSA) is 63.2 Å². The second-order valence-corrected chi connectivity index (χ2v) is 5.81. The predicted molar refractivity (Wildman–Crippen MR) is 90.2 cm³/mol. The lowest BCUT2D eigenvalue weighted by Gasteiger charge is -2.11. The maximum atomic E-state index is 11.9. The van der Waals surface area contributed by atoms with Crippen LogP contribution in [0.3, 0.4) is 0 Å². The van der Waals surface area contributed by atoms with E-state index in [4.69, 9.17) is 4.74 Å². The predicted octanol–water partition coefficient (Wildman–Crippen LogP) is 3.43. The number of amides is 1. The van der Waals surface area contributed by atoms with Crippen LogP contribution in [0.4, 0.5) is 5.69 Å². The van der Waals surface area contributed by atoms with Crippen molar-refractivity contribution in [2.75, 3.05) is 18.9 Å². The Bertz CT molecular complexity index is 632. The Hall–Kier alpha value is -1.92. The second kappa shape index (κ2) is 7.91. The molecule has 0 saturated heterocycles. The number of pyridine rings is 1. The number of anilines is 1. The molecule has 0 saturated carbocycles. The summed E-state index contributed by atoms with van der Waals surface area (Å²) in [6, 6.07) is 11.0. The number of benzene rings is 1. The van der Waals surface area contributed by atoms with E-state index in [1.165, 1.54) is 0 Å². The standard InChI is InChI=1S/C16H18BrN3O2/c1-11(9-18-2)16(21)20-13-6-7-15(19-10-13)22-14-5-3-4-12(17)8-14/h3-8,10-11,18H,9H2,1-2H3,(H,20,21). The van der Waals surface area contributed by atoms with Crippen molar-refractivity contribution >= 4 is 27.5 Å². The van der Waals surface area contributed by atoms with Crippen molar-refractivity contribution in [1.29, 1.82) is 0 Å². The van der Waals surface area contributed by atoms with Crippen LogP contribution in [-0.4, -0.2) is 24.5 Å². The van der Waals surface area contributed by atoms with Gasteiger partial charge in [-0.25, -0.2) is 4.98 Å². The van der Waals surface area contributed by atoms with E-state index in [-0.39, 0.29) is 11.8 Å². The second-order valence-electron chi connectivity index (χ2n) is 4.89. The highest BCUT2D eigenvalue weighted by Gasteiger charge is 2.12. The number of nitrogens with zero attached hydrogens (tertiary/aromatic N) is 1. The van der Waals surface area contributed by atoms with Gasteiger partial charge in [0.15, 0.2) is 0 Å². The maximum absolute atomic E-state index is 11.9. The summed E-state index contributed by atoms with van der Waals surface area (Å²) in [6.07, 6.45) is 1.58. The summed E-state index contributed by atoms with van der Waals surface area (Å²) in [5.74, 6) is 1.01. The summed E-state index contributed by atoms with van der Waals surface area (Å²) in [4.78, 5) is 16.1. The molecule has 2 N–H and O–H groups in total. The molecule has 0 radical (unpaired) electrons. The number of ether oxygens (including phenoxy) is 1. The van der Waals surface area contributed by atoms with Gasteiger partial charge in [0.05, 0.1) is 11.9 Å². The molecule has 1 atom stereocenters. The molecule has 0 aliphatic carbocycles. The summed E-state index contributed by atoms with van der Waals surface area (Å²) < 4.78 is 6.58.